The predicted molar refractivity (Wildman–Crippen MR) is 126 cm³/mol. The van der Waals surface area contributed by atoms with Gasteiger partial charge in [0.25, 0.3) is 5.91 Å². The summed E-state index contributed by atoms with van der Waals surface area (Å²) in [6.45, 7) is 3.88. The highest BCUT2D eigenvalue weighted by Crippen LogP contribution is 2.40. The molecule has 0 spiro atoms. The lowest BCUT2D eigenvalue weighted by molar-refractivity contribution is -0.150. The zero-order valence-corrected chi connectivity index (χ0v) is 20.9. The fourth-order valence-electron chi connectivity index (χ4n) is 5.29. The predicted octanol–water partition coefficient (Wildman–Crippen LogP) is 3.30. The number of hydroxylamine groups is 1. The van der Waals surface area contributed by atoms with E-state index in [0.29, 0.717) is 45.1 Å². The number of likely N-dealkylation sites (tertiary alicyclic amines) is 1. The first-order chi connectivity index (χ1) is 15.8. The van der Waals surface area contributed by atoms with E-state index < -0.39 is 20.7 Å². The SMILES string of the molecule is CCCCc1ccc(C2CCN(S(=O)(=O)C3(C(=O)N(O)Cl)CCN(C4CC4)CC3)CC2)nc1. The molecule has 1 N–H and O–H groups in total. The van der Waals surface area contributed by atoms with Crippen LogP contribution in [0.3, 0.4) is 0 Å². The van der Waals surface area contributed by atoms with Crippen molar-refractivity contribution in [1.29, 1.82) is 0 Å². The van der Waals surface area contributed by atoms with Crippen molar-refractivity contribution >= 4 is 27.7 Å². The Morgan fingerprint density at radius 2 is 1.85 bits per heavy atom. The van der Waals surface area contributed by atoms with Gasteiger partial charge in [0.2, 0.25) is 10.0 Å². The molecule has 0 unspecified atom stereocenters. The summed E-state index contributed by atoms with van der Waals surface area (Å²) in [5.41, 5.74) is 2.23. The maximum Gasteiger partial charge on any atom is 0.284 e. The molecule has 184 valence electrons. The van der Waals surface area contributed by atoms with Crippen molar-refractivity contribution in [2.75, 3.05) is 26.2 Å². The van der Waals surface area contributed by atoms with Crippen molar-refractivity contribution in [1.82, 2.24) is 18.8 Å². The average molecular weight is 499 g/mol. The first-order valence-corrected chi connectivity index (χ1v) is 13.9. The van der Waals surface area contributed by atoms with Crippen molar-refractivity contribution in [3.05, 3.63) is 29.6 Å². The Bertz CT molecular complexity index is 920. The Labute approximate surface area is 202 Å². The third-order valence-electron chi connectivity index (χ3n) is 7.60. The van der Waals surface area contributed by atoms with E-state index in [1.165, 1.54) is 9.87 Å². The molecule has 1 amide bonds. The molecule has 10 heteroatoms. The molecular formula is C23H35ClN4O4S. The van der Waals surface area contributed by atoms with Gasteiger partial charge in [-0.1, -0.05) is 19.4 Å². The third-order valence-corrected chi connectivity index (χ3v) is 10.4. The molecule has 1 saturated carbocycles. The Kier molecular flexibility index (Phi) is 7.65. The molecule has 2 saturated heterocycles. The van der Waals surface area contributed by atoms with Gasteiger partial charge in [-0.05, 0) is 63.0 Å². The monoisotopic (exact) mass is 498 g/mol. The molecular weight excluding hydrogens is 464 g/mol. The Balaban J connectivity index is 1.44. The van der Waals surface area contributed by atoms with Crippen LogP contribution < -0.4 is 0 Å². The van der Waals surface area contributed by atoms with Crippen molar-refractivity contribution in [2.24, 2.45) is 0 Å². The number of aromatic nitrogens is 1. The van der Waals surface area contributed by atoms with E-state index in [2.05, 4.69) is 28.9 Å². The van der Waals surface area contributed by atoms with Crippen LogP contribution in [0.2, 0.25) is 0 Å². The van der Waals surface area contributed by atoms with Crippen LogP contribution in [0, 0.1) is 0 Å². The number of pyridine rings is 1. The number of hydrogen-bond donors (Lipinski definition) is 1. The highest BCUT2D eigenvalue weighted by molar-refractivity contribution is 7.91. The highest BCUT2D eigenvalue weighted by Gasteiger charge is 2.57. The number of aryl methyl sites for hydroxylation is 1. The molecule has 1 aromatic rings. The molecule has 0 atom stereocenters. The average Bonchev–Trinajstić information content (AvgIpc) is 3.68. The maximum atomic E-state index is 13.8. The van der Waals surface area contributed by atoms with Gasteiger partial charge in [0, 0.05) is 61.8 Å². The lowest BCUT2D eigenvalue weighted by atomic mass is 9.93. The lowest BCUT2D eigenvalue weighted by Gasteiger charge is -2.43. The van der Waals surface area contributed by atoms with E-state index in [1.54, 1.807) is 0 Å². The molecule has 8 nitrogen and oxygen atoms in total. The number of hydrogen-bond acceptors (Lipinski definition) is 6. The number of carbonyl (C=O) groups is 1. The van der Waals surface area contributed by atoms with Crippen molar-refractivity contribution in [3.8, 4) is 0 Å². The van der Waals surface area contributed by atoms with E-state index in [1.807, 2.05) is 6.20 Å². The van der Waals surface area contributed by atoms with Gasteiger partial charge in [-0.15, -0.1) is 4.58 Å². The molecule has 2 aliphatic heterocycles. The summed E-state index contributed by atoms with van der Waals surface area (Å²) in [6.07, 6.45) is 9.10. The smallest absolute Gasteiger partial charge is 0.284 e. The Morgan fingerprint density at radius 1 is 1.18 bits per heavy atom. The molecule has 33 heavy (non-hydrogen) atoms. The van der Waals surface area contributed by atoms with Crippen LogP contribution in [0.1, 0.15) is 75.5 Å². The van der Waals surface area contributed by atoms with Gasteiger partial charge in [-0.2, -0.15) is 0 Å². The zero-order chi connectivity index (χ0) is 23.6. The van der Waals surface area contributed by atoms with Gasteiger partial charge in [-0.3, -0.25) is 15.0 Å². The summed E-state index contributed by atoms with van der Waals surface area (Å²) >= 11 is 5.59. The normalized spacial score (nSPS) is 22.9. The number of nitrogens with zero attached hydrogens (tertiary/aromatic N) is 4. The number of piperidine rings is 2. The number of unbranched alkanes of at least 4 members (excludes halogenated alkanes) is 1. The van der Waals surface area contributed by atoms with Crippen LogP contribution in [0.5, 0.6) is 0 Å². The molecule has 3 aliphatic rings. The second-order valence-electron chi connectivity index (χ2n) is 9.70. The topological polar surface area (TPSA) is 94.0 Å². The van der Waals surface area contributed by atoms with Gasteiger partial charge in [-0.25, -0.2) is 12.7 Å². The molecule has 1 aromatic heterocycles. The molecule has 0 bridgehead atoms. The van der Waals surface area contributed by atoms with E-state index in [-0.39, 0.29) is 23.3 Å². The van der Waals surface area contributed by atoms with Gasteiger partial charge >= 0.3 is 0 Å². The second kappa shape index (κ2) is 10.2. The van der Waals surface area contributed by atoms with Gasteiger partial charge < -0.3 is 4.90 Å². The number of halogens is 1. The van der Waals surface area contributed by atoms with E-state index >= 15 is 0 Å². The number of carbonyl (C=O) groups excluding carboxylic acids is 1. The fraction of sp³-hybridized carbons (Fsp3) is 0.739. The molecule has 3 fully saturated rings. The molecule has 3 heterocycles. The van der Waals surface area contributed by atoms with Crippen LogP contribution in [0.4, 0.5) is 0 Å². The van der Waals surface area contributed by atoms with Gasteiger partial charge in [0.15, 0.2) is 4.75 Å². The van der Waals surface area contributed by atoms with Crippen LogP contribution in [0.15, 0.2) is 18.3 Å². The molecule has 1 aliphatic carbocycles. The fourth-order valence-corrected chi connectivity index (χ4v) is 7.69. The van der Waals surface area contributed by atoms with Crippen molar-refractivity contribution in [3.63, 3.8) is 0 Å². The number of rotatable bonds is 8. The highest BCUT2D eigenvalue weighted by atomic mass is 35.5. The lowest BCUT2D eigenvalue weighted by Crippen LogP contribution is -2.61. The minimum atomic E-state index is -3.99. The van der Waals surface area contributed by atoms with Gasteiger partial charge in [0.05, 0.1) is 0 Å². The minimum Gasteiger partial charge on any atom is -0.300 e. The van der Waals surface area contributed by atoms with Crippen molar-refractivity contribution < 1.29 is 18.4 Å². The van der Waals surface area contributed by atoms with Crippen LogP contribution >= 0.6 is 11.8 Å². The number of sulfonamides is 1. The van der Waals surface area contributed by atoms with Crippen LogP contribution in [0.25, 0.3) is 0 Å². The third kappa shape index (κ3) is 5.07. The summed E-state index contributed by atoms with van der Waals surface area (Å²) in [6, 6.07) is 4.69. The van der Waals surface area contributed by atoms with Gasteiger partial charge in [0.1, 0.15) is 0 Å². The summed E-state index contributed by atoms with van der Waals surface area (Å²) in [7, 11) is -3.99. The quantitative estimate of drug-likeness (QED) is 0.336. The Morgan fingerprint density at radius 3 is 2.36 bits per heavy atom. The first-order valence-electron chi connectivity index (χ1n) is 12.2. The summed E-state index contributed by atoms with van der Waals surface area (Å²) < 4.78 is 27.2. The van der Waals surface area contributed by atoms with Crippen LogP contribution in [-0.4, -0.2) is 75.3 Å². The van der Waals surface area contributed by atoms with Crippen molar-refractivity contribution in [2.45, 2.75) is 81.4 Å². The largest absolute Gasteiger partial charge is 0.300 e. The summed E-state index contributed by atoms with van der Waals surface area (Å²) in [5.74, 6) is -0.742. The Hall–Kier alpha value is -1.26. The molecule has 4 rings (SSSR count). The standard InChI is InChI=1S/C23H35ClN4O4S/c1-2-3-4-18-5-8-21(25-17-18)19-9-13-27(14-10-19)33(31,32)23(22(29)28(24)30)11-15-26(16-12-23)20-6-7-20/h5,8,17,19-20,30H,2-4,6-7,9-16H2,1H3. The first kappa shape index (κ1) is 24.9. The second-order valence-corrected chi connectivity index (χ2v) is 12.3. The minimum absolute atomic E-state index is 0.0545. The van der Waals surface area contributed by atoms with Crippen LogP contribution in [-0.2, 0) is 21.2 Å². The van der Waals surface area contributed by atoms with E-state index in [4.69, 9.17) is 11.8 Å². The number of amides is 1. The summed E-state index contributed by atoms with van der Waals surface area (Å²) in [5, 5.41) is 9.70. The summed E-state index contributed by atoms with van der Waals surface area (Å²) in [4.78, 5) is 19.8. The molecule has 0 aromatic carbocycles. The van der Waals surface area contributed by atoms with E-state index in [9.17, 15) is 18.4 Å². The molecule has 0 radical (unpaired) electrons. The zero-order valence-electron chi connectivity index (χ0n) is 19.3. The van der Waals surface area contributed by atoms with E-state index in [0.717, 1.165) is 37.8 Å². The maximum absolute atomic E-state index is 13.8.